The summed E-state index contributed by atoms with van der Waals surface area (Å²) < 4.78 is 14.5. The first-order valence-corrected chi connectivity index (χ1v) is 2.69. The van der Waals surface area contributed by atoms with Gasteiger partial charge >= 0.3 is 0 Å². The molecule has 0 radical (unpaired) electrons. The lowest BCUT2D eigenvalue weighted by Gasteiger charge is -2.04. The largest absolute Gasteiger partial charge is 0.513 e. The van der Waals surface area contributed by atoms with E-state index in [1.165, 1.54) is 0 Å². The molecule has 0 heterocycles. The maximum absolute atomic E-state index is 8.77. The maximum Gasteiger partial charge on any atom is 0.0853 e. The fourth-order valence-electron chi connectivity index (χ4n) is 0.400. The Morgan fingerprint density at radius 2 is 2.50 bits per heavy atom. The van der Waals surface area contributed by atoms with Crippen molar-refractivity contribution >= 4 is 0 Å². The van der Waals surface area contributed by atoms with Crippen LogP contribution < -0.4 is 0 Å². The Morgan fingerprint density at radius 3 is 2.62 bits per heavy atom. The summed E-state index contributed by atoms with van der Waals surface area (Å²) in [4.78, 5) is 0. The molecule has 0 aliphatic carbocycles. The highest BCUT2D eigenvalue weighted by atomic mass is 16.3. The van der Waals surface area contributed by atoms with E-state index in [1.54, 1.807) is 13.8 Å². The molecular weight excluding hydrogens is 100 g/mol. The molecule has 0 rings (SSSR count). The highest BCUT2D eigenvalue weighted by Gasteiger charge is 1.97. The summed E-state index contributed by atoms with van der Waals surface area (Å²) in [7, 11) is 0. The van der Waals surface area contributed by atoms with E-state index in [2.05, 4.69) is 6.58 Å². The third-order valence-electron chi connectivity index (χ3n) is 0.981. The molecule has 0 aromatic rings. The Hall–Kier alpha value is -0.460. The molecule has 0 spiro atoms. The molecular formula is C7H14O. The molecule has 0 saturated heterocycles. The lowest BCUT2D eigenvalue weighted by molar-refractivity contribution is 0.357. The van der Waals surface area contributed by atoms with Gasteiger partial charge in [0.1, 0.15) is 0 Å². The van der Waals surface area contributed by atoms with Gasteiger partial charge in [0.05, 0.1) is 5.76 Å². The van der Waals surface area contributed by atoms with E-state index in [1.807, 2.05) is 0 Å². The highest BCUT2D eigenvalue weighted by Crippen LogP contribution is 2.09. The van der Waals surface area contributed by atoms with Crippen LogP contribution in [0.1, 0.15) is 29.4 Å². The van der Waals surface area contributed by atoms with Crippen molar-refractivity contribution in [3.05, 3.63) is 12.3 Å². The Balaban J connectivity index is 3.94. The van der Waals surface area contributed by atoms with Gasteiger partial charge in [0.25, 0.3) is 0 Å². The van der Waals surface area contributed by atoms with Gasteiger partial charge < -0.3 is 5.11 Å². The molecule has 0 saturated carbocycles. The Labute approximate surface area is 53.8 Å². The molecule has 0 aromatic carbocycles. The van der Waals surface area contributed by atoms with Gasteiger partial charge in [0.2, 0.25) is 0 Å². The van der Waals surface area contributed by atoms with Crippen molar-refractivity contribution in [3.63, 3.8) is 0 Å². The van der Waals surface area contributed by atoms with Crippen LogP contribution in [0, 0.1) is 5.92 Å². The van der Waals surface area contributed by atoms with E-state index in [-0.39, 0.29) is 18.1 Å². The summed E-state index contributed by atoms with van der Waals surface area (Å²) in [5.41, 5.74) is 0. The fraction of sp³-hybridized carbons (Fsp3) is 0.714. The minimum Gasteiger partial charge on any atom is -0.513 e. The minimum absolute atomic E-state index is 0.147. The highest BCUT2D eigenvalue weighted by molar-refractivity contribution is 4.80. The lowest BCUT2D eigenvalue weighted by atomic mass is 10.1. The van der Waals surface area contributed by atoms with Crippen LogP contribution in [0.15, 0.2) is 12.3 Å². The first-order chi connectivity index (χ1) is 4.46. The third kappa shape index (κ3) is 3.72. The summed E-state index contributed by atoms with van der Waals surface area (Å²) in [5, 5.41) is 8.77. The maximum atomic E-state index is 8.77. The van der Waals surface area contributed by atoms with Crippen LogP contribution in [0.3, 0.4) is 0 Å². The van der Waals surface area contributed by atoms with Crippen molar-refractivity contribution in [3.8, 4) is 0 Å². The minimum atomic E-state index is -0.715. The van der Waals surface area contributed by atoms with E-state index < -0.39 is 6.40 Å². The number of allylic oxidation sites excluding steroid dienone is 1. The molecule has 0 aliphatic heterocycles. The van der Waals surface area contributed by atoms with Crippen LogP contribution in [0.25, 0.3) is 0 Å². The van der Waals surface area contributed by atoms with Crippen LogP contribution in [-0.2, 0) is 0 Å². The molecule has 0 aromatic heterocycles. The van der Waals surface area contributed by atoms with Gasteiger partial charge in [-0.3, -0.25) is 0 Å². The van der Waals surface area contributed by atoms with Crippen molar-refractivity contribution in [2.24, 2.45) is 5.92 Å². The molecule has 0 aliphatic rings. The molecule has 1 heteroatoms. The standard InChI is InChI=1S/C7H14O/c1-4-6(2)5-7(3)8/h6,8H,3-5H2,1-2H3/t6-/m0/s1/i4D,5D/t4-,5+,6-. The van der Waals surface area contributed by atoms with Crippen molar-refractivity contribution in [1.82, 2.24) is 0 Å². The van der Waals surface area contributed by atoms with Crippen molar-refractivity contribution < 1.29 is 7.85 Å². The number of hydrogen-bond donors (Lipinski definition) is 1. The zero-order valence-electron chi connectivity index (χ0n) is 7.39. The summed E-state index contributed by atoms with van der Waals surface area (Å²) in [6.07, 6.45) is -1.04. The van der Waals surface area contributed by atoms with Crippen LogP contribution in [0.2, 0.25) is 0 Å². The zero-order chi connectivity index (χ0) is 8.31. The van der Waals surface area contributed by atoms with E-state index in [0.29, 0.717) is 0 Å². The van der Waals surface area contributed by atoms with Crippen LogP contribution in [0.5, 0.6) is 0 Å². The van der Waals surface area contributed by atoms with Gasteiger partial charge in [-0.1, -0.05) is 26.8 Å². The number of aliphatic hydroxyl groups excluding tert-OH is 1. The van der Waals surface area contributed by atoms with E-state index in [4.69, 9.17) is 7.85 Å². The number of aliphatic hydroxyl groups is 1. The van der Waals surface area contributed by atoms with Crippen molar-refractivity contribution in [2.45, 2.75) is 26.6 Å². The van der Waals surface area contributed by atoms with Gasteiger partial charge in [-0.2, -0.15) is 0 Å². The average Bonchev–Trinajstić information content (AvgIpc) is 1.84. The fourth-order valence-corrected chi connectivity index (χ4v) is 0.400. The normalized spacial score (nSPS) is 24.8. The van der Waals surface area contributed by atoms with Gasteiger partial charge in [0.15, 0.2) is 0 Å². The molecule has 0 unspecified atom stereocenters. The Bertz CT molecular complexity index is 123. The van der Waals surface area contributed by atoms with Crippen molar-refractivity contribution in [2.75, 3.05) is 0 Å². The molecule has 0 amide bonds. The van der Waals surface area contributed by atoms with Crippen LogP contribution in [0.4, 0.5) is 0 Å². The lowest BCUT2D eigenvalue weighted by Crippen LogP contribution is -1.92. The summed E-state index contributed by atoms with van der Waals surface area (Å²) >= 11 is 0. The SMILES string of the molecule is [2H][C@@H](C)[C@H](C)[C@@H]([2H])C(=C)O. The predicted octanol–water partition coefficient (Wildman–Crippen LogP) is 2.49. The Morgan fingerprint density at radius 1 is 2.00 bits per heavy atom. The molecule has 0 bridgehead atoms. The van der Waals surface area contributed by atoms with Gasteiger partial charge in [0, 0.05) is 9.14 Å². The van der Waals surface area contributed by atoms with Crippen LogP contribution in [-0.4, -0.2) is 5.11 Å². The predicted molar refractivity (Wildman–Crippen MR) is 35.8 cm³/mol. The summed E-state index contributed by atoms with van der Waals surface area (Å²) in [5.74, 6) is -0.302. The molecule has 1 nitrogen and oxygen atoms in total. The van der Waals surface area contributed by atoms with Gasteiger partial charge in [-0.15, -0.1) is 0 Å². The third-order valence-corrected chi connectivity index (χ3v) is 0.981. The zero-order valence-corrected chi connectivity index (χ0v) is 5.39. The first kappa shape index (κ1) is 4.42. The van der Waals surface area contributed by atoms with E-state index in [9.17, 15) is 0 Å². The molecule has 8 heavy (non-hydrogen) atoms. The molecule has 0 fully saturated rings. The summed E-state index contributed by atoms with van der Waals surface area (Å²) in [6.45, 7) is 6.71. The van der Waals surface area contributed by atoms with Gasteiger partial charge in [-0.25, -0.2) is 0 Å². The van der Waals surface area contributed by atoms with Gasteiger partial charge in [-0.05, 0) is 5.92 Å². The number of rotatable bonds is 3. The molecule has 48 valence electrons. The number of hydrogen-bond acceptors (Lipinski definition) is 1. The first-order valence-electron chi connectivity index (χ1n) is 3.84. The van der Waals surface area contributed by atoms with E-state index >= 15 is 0 Å². The van der Waals surface area contributed by atoms with Crippen molar-refractivity contribution in [1.29, 1.82) is 0 Å². The summed E-state index contributed by atoms with van der Waals surface area (Å²) in [6, 6.07) is 0. The second-order valence-electron chi connectivity index (χ2n) is 1.85. The van der Waals surface area contributed by atoms with Crippen LogP contribution >= 0.6 is 0 Å². The second kappa shape index (κ2) is 3.53. The average molecular weight is 116 g/mol. The molecule has 1 N–H and O–H groups in total. The van der Waals surface area contributed by atoms with E-state index in [0.717, 1.165) is 0 Å². The topological polar surface area (TPSA) is 20.2 Å². The smallest absolute Gasteiger partial charge is 0.0853 e. The monoisotopic (exact) mass is 116 g/mol. The Kier molecular flexibility index (Phi) is 1.95. The molecule has 3 atom stereocenters. The quantitative estimate of drug-likeness (QED) is 0.562. The second-order valence-corrected chi connectivity index (χ2v) is 1.85.